The molecule has 0 atom stereocenters. The first kappa shape index (κ1) is 23.3. The summed E-state index contributed by atoms with van der Waals surface area (Å²) in [7, 11) is 0. The van der Waals surface area contributed by atoms with Crippen LogP contribution in [0.2, 0.25) is 0 Å². The fraction of sp³-hybridized carbons (Fsp3) is 0.250. The molecule has 3 aromatic carbocycles. The Kier molecular flexibility index (Phi) is 6.13. The average molecular weight is 489 g/mol. The summed E-state index contributed by atoms with van der Waals surface area (Å²) in [4.78, 5) is 16.4. The van der Waals surface area contributed by atoms with Crippen molar-refractivity contribution in [3.05, 3.63) is 89.7 Å². The minimum atomic E-state index is 0.549. The van der Waals surface area contributed by atoms with Gasteiger partial charge in [-0.1, -0.05) is 55.8 Å². The van der Waals surface area contributed by atoms with Crippen LogP contribution in [0, 0.1) is 0 Å². The topological polar surface area (TPSA) is 66.6 Å². The molecule has 0 bridgehead atoms. The van der Waals surface area contributed by atoms with Gasteiger partial charge in [-0.05, 0) is 66.1 Å². The molecule has 0 fully saturated rings. The molecule has 186 valence electrons. The van der Waals surface area contributed by atoms with E-state index in [1.54, 1.807) is 0 Å². The normalized spacial score (nSPS) is 13.3. The van der Waals surface area contributed by atoms with Crippen LogP contribution < -0.4 is 4.74 Å². The molecule has 1 aliphatic rings. The van der Waals surface area contributed by atoms with E-state index in [9.17, 15) is 0 Å². The Labute approximate surface area is 217 Å². The molecular weight excluding hydrogens is 456 g/mol. The van der Waals surface area contributed by atoms with Crippen LogP contribution in [0.4, 0.5) is 0 Å². The number of H-pyrrole nitrogens is 2. The third kappa shape index (κ3) is 4.46. The quantitative estimate of drug-likeness (QED) is 0.228. The van der Waals surface area contributed by atoms with E-state index in [-0.39, 0.29) is 0 Å². The third-order valence-electron chi connectivity index (χ3n) is 7.26. The number of imidazole rings is 2. The van der Waals surface area contributed by atoms with Crippen LogP contribution in [-0.2, 0) is 19.4 Å². The fourth-order valence-electron chi connectivity index (χ4n) is 5.00. The lowest BCUT2D eigenvalue weighted by Crippen LogP contribution is -2.05. The number of benzene rings is 3. The first-order valence-corrected chi connectivity index (χ1v) is 13.2. The van der Waals surface area contributed by atoms with Gasteiger partial charge in [-0.15, -0.1) is 0 Å². The van der Waals surface area contributed by atoms with Crippen LogP contribution in [0.3, 0.4) is 0 Å². The number of aromatic nitrogens is 4. The minimum absolute atomic E-state index is 0.549. The maximum Gasteiger partial charge on any atom is 0.128 e. The van der Waals surface area contributed by atoms with Gasteiger partial charge in [0.25, 0.3) is 0 Å². The first-order valence-electron chi connectivity index (χ1n) is 13.2. The Morgan fingerprint density at radius 2 is 1.89 bits per heavy atom. The van der Waals surface area contributed by atoms with Gasteiger partial charge in [0.1, 0.15) is 24.0 Å². The van der Waals surface area contributed by atoms with Crippen molar-refractivity contribution in [2.24, 2.45) is 0 Å². The standard InChI is InChI=1S/C32H32N4O/c1-4-6-7-8-30-33-18-28(35-30)22-10-12-24-23(15-22)19-37-29-17-25-21(16-26(24)29)11-13-27-32(25)36-31(34-27)14-9-20(3)5-2/h6-7,9-13,15-18H,4-5,8,14,19H2,1-3H3,(H,33,35)(H,34,36). The molecule has 0 unspecified atom stereocenters. The number of hydrogen-bond donors (Lipinski definition) is 2. The van der Waals surface area contributed by atoms with Crippen molar-refractivity contribution in [2.75, 3.05) is 0 Å². The summed E-state index contributed by atoms with van der Waals surface area (Å²) in [5.41, 5.74) is 9.17. The molecule has 37 heavy (non-hydrogen) atoms. The van der Waals surface area contributed by atoms with Crippen LogP contribution in [0.25, 0.3) is 44.2 Å². The van der Waals surface area contributed by atoms with E-state index in [1.165, 1.54) is 22.1 Å². The number of hydrogen-bond acceptors (Lipinski definition) is 3. The second kappa shape index (κ2) is 9.74. The van der Waals surface area contributed by atoms with E-state index in [4.69, 9.17) is 9.72 Å². The summed E-state index contributed by atoms with van der Waals surface area (Å²) >= 11 is 0. The highest BCUT2D eigenvalue weighted by Crippen LogP contribution is 2.42. The van der Waals surface area contributed by atoms with E-state index < -0.39 is 0 Å². The predicted molar refractivity (Wildman–Crippen MR) is 152 cm³/mol. The molecule has 0 radical (unpaired) electrons. The summed E-state index contributed by atoms with van der Waals surface area (Å²) in [6, 6.07) is 15.3. The molecule has 2 N–H and O–H groups in total. The highest BCUT2D eigenvalue weighted by molar-refractivity contribution is 6.07. The number of nitrogens with zero attached hydrogens (tertiary/aromatic N) is 2. The minimum Gasteiger partial charge on any atom is -0.488 e. The molecule has 0 saturated heterocycles. The van der Waals surface area contributed by atoms with Crippen molar-refractivity contribution >= 4 is 21.8 Å². The maximum absolute atomic E-state index is 6.29. The number of nitrogens with one attached hydrogen (secondary N) is 2. The summed E-state index contributed by atoms with van der Waals surface area (Å²) < 4.78 is 6.29. The molecule has 0 spiro atoms. The lowest BCUT2D eigenvalue weighted by atomic mass is 9.92. The van der Waals surface area contributed by atoms with Crippen molar-refractivity contribution in [2.45, 2.75) is 53.1 Å². The van der Waals surface area contributed by atoms with Gasteiger partial charge in [-0.2, -0.15) is 0 Å². The molecule has 5 heteroatoms. The van der Waals surface area contributed by atoms with Crippen LogP contribution in [0.5, 0.6) is 5.75 Å². The smallest absolute Gasteiger partial charge is 0.128 e. The first-order chi connectivity index (χ1) is 18.1. The monoisotopic (exact) mass is 488 g/mol. The van der Waals surface area contributed by atoms with Gasteiger partial charge in [0.15, 0.2) is 0 Å². The van der Waals surface area contributed by atoms with Gasteiger partial charge in [0.2, 0.25) is 0 Å². The highest BCUT2D eigenvalue weighted by atomic mass is 16.5. The van der Waals surface area contributed by atoms with E-state index in [2.05, 4.69) is 96.4 Å². The zero-order valence-corrected chi connectivity index (χ0v) is 21.7. The predicted octanol–water partition coefficient (Wildman–Crippen LogP) is 8.07. The van der Waals surface area contributed by atoms with Gasteiger partial charge >= 0.3 is 0 Å². The zero-order chi connectivity index (χ0) is 25.4. The van der Waals surface area contributed by atoms with Gasteiger partial charge in [0, 0.05) is 23.8 Å². The molecule has 0 amide bonds. The van der Waals surface area contributed by atoms with E-state index >= 15 is 0 Å². The Morgan fingerprint density at radius 3 is 2.76 bits per heavy atom. The van der Waals surface area contributed by atoms with E-state index in [0.717, 1.165) is 76.3 Å². The lowest BCUT2D eigenvalue weighted by Gasteiger charge is -2.22. The summed E-state index contributed by atoms with van der Waals surface area (Å²) in [5, 5.41) is 2.33. The molecule has 5 aromatic rings. The van der Waals surface area contributed by atoms with Crippen molar-refractivity contribution in [3.8, 4) is 28.1 Å². The van der Waals surface area contributed by atoms with Crippen LogP contribution >= 0.6 is 0 Å². The number of allylic oxidation sites excluding steroid dienone is 4. The van der Waals surface area contributed by atoms with Crippen LogP contribution in [0.15, 0.2) is 72.5 Å². The Hall–Kier alpha value is -4.12. The van der Waals surface area contributed by atoms with Gasteiger partial charge in [0.05, 0.1) is 22.9 Å². The summed E-state index contributed by atoms with van der Waals surface area (Å²) in [5.74, 6) is 2.90. The number of fused-ring (bicyclic) bond motifs is 6. The van der Waals surface area contributed by atoms with E-state index in [0.29, 0.717) is 6.61 Å². The van der Waals surface area contributed by atoms with Crippen molar-refractivity contribution in [1.29, 1.82) is 0 Å². The molecule has 0 saturated carbocycles. The Bertz CT molecular complexity index is 1670. The van der Waals surface area contributed by atoms with Crippen LogP contribution in [-0.4, -0.2) is 19.9 Å². The van der Waals surface area contributed by atoms with Gasteiger partial charge in [-0.25, -0.2) is 9.97 Å². The molecule has 0 aliphatic carbocycles. The molecular formula is C32H32N4O. The SMILES string of the molecule is CCC=CCc1ncc(-c2ccc3c(c2)COc2cc4c(ccc5nc(CC=C(C)CC)[nH]c54)cc2-3)[nH]1. The molecule has 1 aliphatic heterocycles. The fourth-order valence-corrected chi connectivity index (χ4v) is 5.00. The van der Waals surface area contributed by atoms with Gasteiger partial charge < -0.3 is 14.7 Å². The number of aromatic amines is 2. The number of ether oxygens (including phenoxy) is 1. The third-order valence-corrected chi connectivity index (χ3v) is 7.26. The zero-order valence-electron chi connectivity index (χ0n) is 21.7. The number of rotatable bonds is 7. The van der Waals surface area contributed by atoms with Crippen molar-refractivity contribution < 1.29 is 4.74 Å². The van der Waals surface area contributed by atoms with Gasteiger partial charge in [-0.3, -0.25) is 0 Å². The van der Waals surface area contributed by atoms with Crippen molar-refractivity contribution in [3.63, 3.8) is 0 Å². The van der Waals surface area contributed by atoms with Crippen LogP contribution in [0.1, 0.15) is 50.8 Å². The molecule has 2 aromatic heterocycles. The van der Waals surface area contributed by atoms with Crippen molar-refractivity contribution in [1.82, 2.24) is 19.9 Å². The van der Waals surface area contributed by atoms with E-state index in [1.807, 2.05) is 6.20 Å². The molecule has 5 nitrogen and oxygen atoms in total. The Balaban J connectivity index is 1.34. The second-order valence-electron chi connectivity index (χ2n) is 9.81. The highest BCUT2D eigenvalue weighted by Gasteiger charge is 2.20. The summed E-state index contributed by atoms with van der Waals surface area (Å²) in [6.45, 7) is 7.04. The molecule has 3 heterocycles. The lowest BCUT2D eigenvalue weighted by molar-refractivity contribution is 0.303. The largest absolute Gasteiger partial charge is 0.488 e. The summed E-state index contributed by atoms with van der Waals surface area (Å²) in [6.07, 6.45) is 12.3. The average Bonchev–Trinajstić information content (AvgIpc) is 3.58. The maximum atomic E-state index is 6.29. The Morgan fingerprint density at radius 1 is 0.973 bits per heavy atom. The second-order valence-corrected chi connectivity index (χ2v) is 9.81. The molecule has 6 rings (SSSR count).